The topological polar surface area (TPSA) is 73.9 Å². The Morgan fingerprint density at radius 3 is 2.62 bits per heavy atom. The number of esters is 1. The van der Waals surface area contributed by atoms with Crippen molar-refractivity contribution in [1.82, 2.24) is 5.32 Å². The molecule has 6 heteroatoms. The van der Waals surface area contributed by atoms with Crippen LogP contribution in [0.2, 0.25) is 0 Å². The van der Waals surface area contributed by atoms with Crippen LogP contribution in [0.1, 0.15) is 31.2 Å². The number of alkyl carbamates (subject to hydrolysis) is 1. The number of methoxy groups -OCH3 is 1. The van der Waals surface area contributed by atoms with E-state index < -0.39 is 18.1 Å². The molecular formula is C18H23NO5. The van der Waals surface area contributed by atoms with Crippen molar-refractivity contribution in [3.63, 3.8) is 0 Å². The second-order valence-electron chi connectivity index (χ2n) is 6.50. The molecule has 3 rings (SSSR count). The largest absolute Gasteiger partial charge is 0.467 e. The van der Waals surface area contributed by atoms with Crippen molar-refractivity contribution in [3.05, 3.63) is 35.9 Å². The number of carbonyl (C=O) groups excluding carboxylic acids is 2. The zero-order valence-electron chi connectivity index (χ0n) is 13.8. The summed E-state index contributed by atoms with van der Waals surface area (Å²) in [7, 11) is 1.32. The highest BCUT2D eigenvalue weighted by atomic mass is 16.6. The van der Waals surface area contributed by atoms with Crippen molar-refractivity contribution < 1.29 is 23.8 Å². The molecule has 1 saturated carbocycles. The van der Waals surface area contributed by atoms with Crippen LogP contribution in [0, 0.1) is 5.92 Å². The van der Waals surface area contributed by atoms with Gasteiger partial charge in [-0.1, -0.05) is 30.3 Å². The zero-order chi connectivity index (χ0) is 17.0. The molecule has 1 aromatic carbocycles. The first-order valence-corrected chi connectivity index (χ1v) is 8.31. The third-order valence-corrected chi connectivity index (χ3v) is 4.79. The molecule has 1 spiro atoms. The van der Waals surface area contributed by atoms with Gasteiger partial charge in [0.2, 0.25) is 0 Å². The Hall–Kier alpha value is -2.08. The van der Waals surface area contributed by atoms with Gasteiger partial charge in [0.15, 0.2) is 0 Å². The molecule has 1 N–H and O–H groups in total. The number of hydrogen-bond acceptors (Lipinski definition) is 5. The van der Waals surface area contributed by atoms with Crippen molar-refractivity contribution >= 4 is 12.1 Å². The molecule has 0 bridgehead atoms. The molecule has 1 aromatic rings. The van der Waals surface area contributed by atoms with E-state index in [1.807, 2.05) is 30.3 Å². The summed E-state index contributed by atoms with van der Waals surface area (Å²) < 4.78 is 15.9. The fraction of sp³-hybridized carbons (Fsp3) is 0.556. The van der Waals surface area contributed by atoms with Gasteiger partial charge in [-0.25, -0.2) is 9.59 Å². The Balaban J connectivity index is 1.53. The molecule has 0 aromatic heterocycles. The summed E-state index contributed by atoms with van der Waals surface area (Å²) in [6.07, 6.45) is 3.32. The van der Waals surface area contributed by atoms with Gasteiger partial charge < -0.3 is 19.5 Å². The van der Waals surface area contributed by atoms with Crippen LogP contribution in [-0.2, 0) is 25.6 Å². The molecule has 130 valence electrons. The zero-order valence-corrected chi connectivity index (χ0v) is 13.8. The van der Waals surface area contributed by atoms with Gasteiger partial charge in [0, 0.05) is 5.92 Å². The number of benzene rings is 1. The van der Waals surface area contributed by atoms with Gasteiger partial charge in [0.1, 0.15) is 12.6 Å². The molecular weight excluding hydrogens is 310 g/mol. The van der Waals surface area contributed by atoms with E-state index in [1.165, 1.54) is 7.11 Å². The number of carbonyl (C=O) groups is 2. The minimum atomic E-state index is -0.741. The van der Waals surface area contributed by atoms with E-state index in [2.05, 4.69) is 5.32 Å². The number of amides is 1. The minimum Gasteiger partial charge on any atom is -0.467 e. The Bertz CT molecular complexity index is 574. The molecule has 1 heterocycles. The second-order valence-corrected chi connectivity index (χ2v) is 6.50. The van der Waals surface area contributed by atoms with Gasteiger partial charge in [0.25, 0.3) is 0 Å². The Morgan fingerprint density at radius 2 is 2.04 bits per heavy atom. The third-order valence-electron chi connectivity index (χ3n) is 4.79. The van der Waals surface area contributed by atoms with E-state index in [9.17, 15) is 9.59 Å². The van der Waals surface area contributed by atoms with Gasteiger partial charge in [-0.2, -0.15) is 0 Å². The SMILES string of the molecule is COC(=O)C(NC(=O)OCc1ccccc1)C1CCC2(CC2)OC1. The van der Waals surface area contributed by atoms with Gasteiger partial charge in [-0.05, 0) is 31.2 Å². The number of hydrogen-bond donors (Lipinski definition) is 1. The molecule has 2 aliphatic rings. The summed E-state index contributed by atoms with van der Waals surface area (Å²) in [5.74, 6) is -0.556. The summed E-state index contributed by atoms with van der Waals surface area (Å²) in [6, 6.07) is 8.65. The Morgan fingerprint density at radius 1 is 1.29 bits per heavy atom. The Kier molecular flexibility index (Phi) is 5.04. The van der Waals surface area contributed by atoms with E-state index in [0.717, 1.165) is 31.2 Å². The highest BCUT2D eigenvalue weighted by molar-refractivity contribution is 5.81. The summed E-state index contributed by atoms with van der Waals surface area (Å²) in [6.45, 7) is 0.615. The summed E-state index contributed by atoms with van der Waals surface area (Å²) in [4.78, 5) is 24.1. The van der Waals surface area contributed by atoms with Gasteiger partial charge in [-0.3, -0.25) is 0 Å². The molecule has 2 atom stereocenters. The molecule has 24 heavy (non-hydrogen) atoms. The van der Waals surface area contributed by atoms with Crippen molar-refractivity contribution in [3.8, 4) is 0 Å². The number of rotatable bonds is 5. The van der Waals surface area contributed by atoms with Crippen LogP contribution >= 0.6 is 0 Å². The van der Waals surface area contributed by atoms with E-state index in [-0.39, 0.29) is 18.1 Å². The fourth-order valence-electron chi connectivity index (χ4n) is 3.07. The molecule has 2 unspecified atom stereocenters. The predicted octanol–water partition coefficient (Wildman–Crippen LogP) is 2.41. The van der Waals surface area contributed by atoms with Crippen LogP contribution in [-0.4, -0.2) is 37.4 Å². The first-order valence-electron chi connectivity index (χ1n) is 8.31. The van der Waals surface area contributed by atoms with Gasteiger partial charge in [-0.15, -0.1) is 0 Å². The van der Waals surface area contributed by atoms with E-state index in [0.29, 0.717) is 6.61 Å². The minimum absolute atomic E-state index is 0.0466. The molecule has 1 amide bonds. The van der Waals surface area contributed by atoms with Crippen LogP contribution in [0.25, 0.3) is 0 Å². The smallest absolute Gasteiger partial charge is 0.408 e. The molecule has 1 aliphatic carbocycles. The van der Waals surface area contributed by atoms with Crippen LogP contribution < -0.4 is 5.32 Å². The molecule has 1 aliphatic heterocycles. The third kappa shape index (κ3) is 4.06. The van der Waals surface area contributed by atoms with E-state index in [4.69, 9.17) is 14.2 Å². The monoisotopic (exact) mass is 333 g/mol. The van der Waals surface area contributed by atoms with Crippen molar-refractivity contribution in [2.75, 3.05) is 13.7 Å². The van der Waals surface area contributed by atoms with Crippen LogP contribution in [0.15, 0.2) is 30.3 Å². The van der Waals surface area contributed by atoms with E-state index >= 15 is 0 Å². The highest BCUT2D eigenvalue weighted by Gasteiger charge is 2.48. The molecule has 6 nitrogen and oxygen atoms in total. The average molecular weight is 333 g/mol. The highest BCUT2D eigenvalue weighted by Crippen LogP contribution is 2.47. The first kappa shape index (κ1) is 16.8. The molecule has 1 saturated heterocycles. The summed E-state index contributed by atoms with van der Waals surface area (Å²) in [5, 5.41) is 2.64. The quantitative estimate of drug-likeness (QED) is 0.838. The average Bonchev–Trinajstić information content (AvgIpc) is 3.38. The molecule has 0 radical (unpaired) electrons. The maximum Gasteiger partial charge on any atom is 0.408 e. The molecule has 2 fully saturated rings. The number of ether oxygens (including phenoxy) is 3. The summed E-state index contributed by atoms with van der Waals surface area (Å²) >= 11 is 0. The first-order chi connectivity index (χ1) is 11.6. The van der Waals surface area contributed by atoms with Gasteiger partial charge in [0.05, 0.1) is 19.3 Å². The van der Waals surface area contributed by atoms with Crippen LogP contribution in [0.4, 0.5) is 4.79 Å². The lowest BCUT2D eigenvalue weighted by Crippen LogP contribution is -2.50. The van der Waals surface area contributed by atoms with Gasteiger partial charge >= 0.3 is 12.1 Å². The number of nitrogens with one attached hydrogen (secondary N) is 1. The maximum absolute atomic E-state index is 12.0. The predicted molar refractivity (Wildman–Crippen MR) is 86.2 cm³/mol. The normalized spacial score (nSPS) is 22.5. The van der Waals surface area contributed by atoms with E-state index in [1.54, 1.807) is 0 Å². The van der Waals surface area contributed by atoms with Crippen LogP contribution in [0.5, 0.6) is 0 Å². The lowest BCUT2D eigenvalue weighted by atomic mass is 9.90. The standard InChI is InChI=1S/C18H23NO5/c1-22-16(20)15(14-7-8-18(9-10-18)24-12-14)19-17(21)23-11-13-5-3-2-4-6-13/h2-6,14-15H,7-12H2,1H3,(H,19,21). The van der Waals surface area contributed by atoms with Crippen molar-refractivity contribution in [1.29, 1.82) is 0 Å². The second kappa shape index (κ2) is 7.21. The lowest BCUT2D eigenvalue weighted by molar-refractivity contribution is -0.147. The van der Waals surface area contributed by atoms with Crippen LogP contribution in [0.3, 0.4) is 0 Å². The van der Waals surface area contributed by atoms with Crippen molar-refractivity contribution in [2.45, 2.75) is 43.9 Å². The lowest BCUT2D eigenvalue weighted by Gasteiger charge is -2.33. The van der Waals surface area contributed by atoms with Crippen molar-refractivity contribution in [2.24, 2.45) is 5.92 Å². The fourth-order valence-corrected chi connectivity index (χ4v) is 3.07. The Labute approximate surface area is 141 Å². The summed E-state index contributed by atoms with van der Waals surface area (Å²) in [5.41, 5.74) is 0.935. The maximum atomic E-state index is 12.0.